The Kier molecular flexibility index (Phi) is 5.49. The fourth-order valence-electron chi connectivity index (χ4n) is 2.61. The first-order chi connectivity index (χ1) is 9.16. The molecule has 0 bridgehead atoms. The minimum absolute atomic E-state index is 0.186. The largest absolute Gasteiger partial charge is 0.492 e. The predicted octanol–water partition coefficient (Wildman–Crippen LogP) is 2.95. The van der Waals surface area contributed by atoms with Crippen molar-refractivity contribution in [3.05, 3.63) is 29.3 Å². The number of rotatable bonds is 5. The van der Waals surface area contributed by atoms with E-state index in [0.29, 0.717) is 6.61 Å². The number of halogens is 1. The Labute approximate surface area is 120 Å². The molecule has 2 atom stereocenters. The number of ether oxygens (including phenoxy) is 1. The molecule has 2 rings (SSSR count). The van der Waals surface area contributed by atoms with E-state index in [1.54, 1.807) is 0 Å². The number of likely N-dealkylation sites (N-methyl/N-ethyl adjacent to an activating group) is 1. The Hall–Kier alpha value is -0.770. The van der Waals surface area contributed by atoms with Gasteiger partial charge in [-0.2, -0.15) is 0 Å². The first-order valence-corrected chi connectivity index (χ1v) is 7.31. The summed E-state index contributed by atoms with van der Waals surface area (Å²) in [6, 6.07) is 7.68. The van der Waals surface area contributed by atoms with Gasteiger partial charge in [0.1, 0.15) is 12.4 Å². The first-order valence-electron chi connectivity index (χ1n) is 6.93. The van der Waals surface area contributed by atoms with Crippen LogP contribution in [0.3, 0.4) is 0 Å². The molecule has 0 spiro atoms. The maximum atomic E-state index is 9.99. The van der Waals surface area contributed by atoms with Crippen molar-refractivity contribution in [3.8, 4) is 5.75 Å². The predicted molar refractivity (Wildman–Crippen MR) is 77.8 cm³/mol. The highest BCUT2D eigenvalue weighted by atomic mass is 35.5. The van der Waals surface area contributed by atoms with Crippen molar-refractivity contribution < 1.29 is 9.84 Å². The second kappa shape index (κ2) is 7.13. The summed E-state index contributed by atoms with van der Waals surface area (Å²) in [5.41, 5.74) is 0. The standard InChI is InChI=1S/C15H22ClNO2/c1-17(14-4-2-3-5-15(14)18)10-11-19-13-8-6-12(16)7-9-13/h6-9,14-15,18H,2-5,10-11H2,1H3. The fourth-order valence-corrected chi connectivity index (χ4v) is 2.74. The van der Waals surface area contributed by atoms with Crippen LogP contribution in [0.5, 0.6) is 5.75 Å². The molecular weight excluding hydrogens is 262 g/mol. The van der Waals surface area contributed by atoms with E-state index in [9.17, 15) is 5.11 Å². The van der Waals surface area contributed by atoms with Crippen LogP contribution in [-0.2, 0) is 0 Å². The summed E-state index contributed by atoms with van der Waals surface area (Å²) < 4.78 is 5.68. The minimum atomic E-state index is -0.186. The van der Waals surface area contributed by atoms with Crippen molar-refractivity contribution in [2.45, 2.75) is 37.8 Å². The molecule has 1 aromatic rings. The zero-order valence-corrected chi connectivity index (χ0v) is 12.1. The summed E-state index contributed by atoms with van der Waals surface area (Å²) in [6.45, 7) is 1.45. The fraction of sp³-hybridized carbons (Fsp3) is 0.600. The molecule has 0 saturated heterocycles. The molecule has 0 aromatic heterocycles. The van der Waals surface area contributed by atoms with Gasteiger partial charge in [-0.05, 0) is 44.2 Å². The summed E-state index contributed by atoms with van der Waals surface area (Å²) in [7, 11) is 2.06. The lowest BCUT2D eigenvalue weighted by Gasteiger charge is -2.35. The molecule has 3 nitrogen and oxygen atoms in total. The lowest BCUT2D eigenvalue weighted by Crippen LogP contribution is -2.44. The van der Waals surface area contributed by atoms with Gasteiger partial charge in [-0.25, -0.2) is 0 Å². The van der Waals surface area contributed by atoms with Crippen LogP contribution in [0.4, 0.5) is 0 Å². The number of aliphatic hydroxyl groups excluding tert-OH is 1. The second-order valence-corrected chi connectivity index (χ2v) is 5.64. The van der Waals surface area contributed by atoms with Crippen molar-refractivity contribution in [3.63, 3.8) is 0 Å². The van der Waals surface area contributed by atoms with Gasteiger partial charge in [-0.3, -0.25) is 4.90 Å². The number of hydrogen-bond acceptors (Lipinski definition) is 3. The molecule has 1 aromatic carbocycles. The molecule has 4 heteroatoms. The van der Waals surface area contributed by atoms with E-state index < -0.39 is 0 Å². The van der Waals surface area contributed by atoms with Crippen LogP contribution in [0, 0.1) is 0 Å². The van der Waals surface area contributed by atoms with Crippen molar-refractivity contribution in [2.75, 3.05) is 20.2 Å². The van der Waals surface area contributed by atoms with Crippen LogP contribution >= 0.6 is 11.6 Å². The van der Waals surface area contributed by atoms with Crippen molar-refractivity contribution in [1.29, 1.82) is 0 Å². The number of nitrogens with zero attached hydrogens (tertiary/aromatic N) is 1. The van der Waals surface area contributed by atoms with E-state index >= 15 is 0 Å². The average Bonchev–Trinajstić information content (AvgIpc) is 2.41. The molecule has 106 valence electrons. The SMILES string of the molecule is CN(CCOc1ccc(Cl)cc1)C1CCCCC1O. The van der Waals surface area contributed by atoms with Crippen molar-refractivity contribution >= 4 is 11.6 Å². The average molecular weight is 284 g/mol. The topological polar surface area (TPSA) is 32.7 Å². The van der Waals surface area contributed by atoms with E-state index in [1.165, 1.54) is 6.42 Å². The molecule has 1 aliphatic rings. The zero-order chi connectivity index (χ0) is 13.7. The summed E-state index contributed by atoms with van der Waals surface area (Å²) >= 11 is 5.82. The molecule has 2 unspecified atom stereocenters. The summed E-state index contributed by atoms with van der Waals surface area (Å²) in [4.78, 5) is 2.21. The summed E-state index contributed by atoms with van der Waals surface area (Å²) in [6.07, 6.45) is 4.18. The molecule has 1 fully saturated rings. The van der Waals surface area contributed by atoms with Gasteiger partial charge in [0.25, 0.3) is 0 Å². The third kappa shape index (κ3) is 4.37. The molecule has 1 N–H and O–H groups in total. The molecular formula is C15H22ClNO2. The molecule has 0 aliphatic heterocycles. The van der Waals surface area contributed by atoms with Gasteiger partial charge < -0.3 is 9.84 Å². The Morgan fingerprint density at radius 2 is 1.95 bits per heavy atom. The highest BCUT2D eigenvalue weighted by Crippen LogP contribution is 2.22. The Morgan fingerprint density at radius 1 is 1.26 bits per heavy atom. The van der Waals surface area contributed by atoms with Crippen LogP contribution in [0.15, 0.2) is 24.3 Å². The smallest absolute Gasteiger partial charge is 0.119 e. The maximum absolute atomic E-state index is 9.99. The van der Waals surface area contributed by atoms with Gasteiger partial charge >= 0.3 is 0 Å². The van der Waals surface area contributed by atoms with Crippen molar-refractivity contribution in [2.24, 2.45) is 0 Å². The normalized spacial score (nSPS) is 23.6. The Bertz CT molecular complexity index is 382. The van der Waals surface area contributed by atoms with Crippen LogP contribution in [-0.4, -0.2) is 42.4 Å². The van der Waals surface area contributed by atoms with E-state index in [0.717, 1.165) is 36.6 Å². The molecule has 19 heavy (non-hydrogen) atoms. The van der Waals surface area contributed by atoms with Gasteiger partial charge in [0.15, 0.2) is 0 Å². The minimum Gasteiger partial charge on any atom is -0.492 e. The van der Waals surface area contributed by atoms with E-state index in [1.807, 2.05) is 24.3 Å². The Morgan fingerprint density at radius 3 is 2.63 bits per heavy atom. The number of benzene rings is 1. The van der Waals surface area contributed by atoms with Crippen LogP contribution in [0.25, 0.3) is 0 Å². The van der Waals surface area contributed by atoms with Crippen LogP contribution in [0.2, 0.25) is 5.02 Å². The van der Waals surface area contributed by atoms with E-state index in [-0.39, 0.29) is 12.1 Å². The lowest BCUT2D eigenvalue weighted by molar-refractivity contribution is 0.0272. The van der Waals surface area contributed by atoms with Crippen LogP contribution in [0.1, 0.15) is 25.7 Å². The maximum Gasteiger partial charge on any atom is 0.119 e. The van der Waals surface area contributed by atoms with Gasteiger partial charge in [0.05, 0.1) is 6.10 Å². The van der Waals surface area contributed by atoms with Crippen LogP contribution < -0.4 is 4.74 Å². The molecule has 0 amide bonds. The third-order valence-corrected chi connectivity index (χ3v) is 4.04. The van der Waals surface area contributed by atoms with E-state index in [4.69, 9.17) is 16.3 Å². The molecule has 1 aliphatic carbocycles. The summed E-state index contributed by atoms with van der Waals surface area (Å²) in [5, 5.41) is 10.7. The molecule has 0 radical (unpaired) electrons. The molecule has 1 saturated carbocycles. The summed E-state index contributed by atoms with van der Waals surface area (Å²) in [5.74, 6) is 0.835. The highest BCUT2D eigenvalue weighted by Gasteiger charge is 2.26. The zero-order valence-electron chi connectivity index (χ0n) is 11.4. The van der Waals surface area contributed by atoms with Gasteiger partial charge in [0, 0.05) is 17.6 Å². The monoisotopic (exact) mass is 283 g/mol. The Balaban J connectivity index is 1.74. The molecule has 0 heterocycles. The van der Waals surface area contributed by atoms with Gasteiger partial charge in [0.2, 0.25) is 0 Å². The second-order valence-electron chi connectivity index (χ2n) is 5.20. The number of hydrogen-bond donors (Lipinski definition) is 1. The quantitative estimate of drug-likeness (QED) is 0.902. The first kappa shape index (κ1) is 14.6. The van der Waals surface area contributed by atoms with Gasteiger partial charge in [-0.15, -0.1) is 0 Å². The highest BCUT2D eigenvalue weighted by molar-refractivity contribution is 6.30. The van der Waals surface area contributed by atoms with Crippen molar-refractivity contribution in [1.82, 2.24) is 4.90 Å². The third-order valence-electron chi connectivity index (χ3n) is 3.79. The number of aliphatic hydroxyl groups is 1. The lowest BCUT2D eigenvalue weighted by atomic mass is 9.92. The van der Waals surface area contributed by atoms with E-state index in [2.05, 4.69) is 11.9 Å². The van der Waals surface area contributed by atoms with Gasteiger partial charge in [-0.1, -0.05) is 24.4 Å².